The van der Waals surface area contributed by atoms with E-state index in [1.807, 2.05) is 27.7 Å². The van der Waals surface area contributed by atoms with Crippen LogP contribution in [0.2, 0.25) is 0 Å². The van der Waals surface area contributed by atoms with Crippen LogP contribution >= 0.6 is 0 Å². The molecule has 3 aliphatic rings. The van der Waals surface area contributed by atoms with Gasteiger partial charge in [0.2, 0.25) is 12.1 Å². The SMILES string of the molecule is CCCN1C(=O)C2C(NC3C(C(=O)N(CCC)C(=O)N3CCC)[NH+]2[O-])N(CCC)C1=O. The highest BCUT2D eigenvalue weighted by atomic mass is 16.5. The fraction of sp³-hybridized carbons (Fsp3) is 0.800. The van der Waals surface area contributed by atoms with E-state index in [-0.39, 0.29) is 13.1 Å². The molecule has 0 bridgehead atoms. The number of carbonyl (C=O) groups is 4. The third-order valence-corrected chi connectivity index (χ3v) is 6.10. The first-order valence-electron chi connectivity index (χ1n) is 11.4. The van der Waals surface area contributed by atoms with E-state index in [0.29, 0.717) is 38.8 Å². The standard InChI is InChI=1S/C20H34N6O5/c1-5-9-22-15-13(17(27)24(11-7-3)19(22)29)26(31)14-16(21-15)23(10-6-2)20(30)25(12-8-4)18(14)28/h13-16,21,26H,5-12H2,1-4H3. The molecule has 0 aliphatic carbocycles. The number of rotatable bonds is 8. The van der Waals surface area contributed by atoms with Crippen molar-refractivity contribution in [1.29, 1.82) is 0 Å². The van der Waals surface area contributed by atoms with Crippen molar-refractivity contribution in [3.8, 4) is 0 Å². The maximum absolute atomic E-state index is 13.6. The molecule has 3 saturated heterocycles. The van der Waals surface area contributed by atoms with Crippen LogP contribution < -0.4 is 10.4 Å². The number of nitrogens with zero attached hydrogens (tertiary/aromatic N) is 4. The fourth-order valence-corrected chi connectivity index (χ4v) is 4.81. The first-order valence-corrected chi connectivity index (χ1v) is 11.4. The van der Waals surface area contributed by atoms with Crippen LogP contribution in [0.25, 0.3) is 0 Å². The van der Waals surface area contributed by atoms with E-state index < -0.39 is 53.4 Å². The van der Waals surface area contributed by atoms with Gasteiger partial charge in [0.1, 0.15) is 12.3 Å². The van der Waals surface area contributed by atoms with E-state index in [1.54, 1.807) is 0 Å². The molecule has 2 N–H and O–H groups in total. The van der Waals surface area contributed by atoms with Gasteiger partial charge in [-0.25, -0.2) is 9.59 Å². The van der Waals surface area contributed by atoms with Crippen molar-refractivity contribution in [2.45, 2.75) is 77.8 Å². The molecule has 0 aromatic heterocycles. The minimum atomic E-state index is -1.15. The zero-order valence-corrected chi connectivity index (χ0v) is 18.8. The number of piperazine rings is 1. The molecule has 0 aromatic rings. The fourth-order valence-electron chi connectivity index (χ4n) is 4.81. The van der Waals surface area contributed by atoms with Crippen molar-refractivity contribution < 1.29 is 24.2 Å². The highest BCUT2D eigenvalue weighted by Gasteiger charge is 2.61. The van der Waals surface area contributed by atoms with Crippen LogP contribution in [0.4, 0.5) is 9.59 Å². The highest BCUT2D eigenvalue weighted by molar-refractivity contribution is 6.02. The topological polar surface area (TPSA) is 121 Å². The molecule has 0 radical (unpaired) electrons. The zero-order chi connectivity index (χ0) is 22.9. The van der Waals surface area contributed by atoms with Gasteiger partial charge in [-0.3, -0.25) is 24.7 Å². The lowest BCUT2D eigenvalue weighted by atomic mass is 9.96. The molecule has 3 rings (SSSR count). The number of nitrogens with one attached hydrogen (secondary N) is 2. The normalized spacial score (nSPS) is 31.3. The van der Waals surface area contributed by atoms with Crippen molar-refractivity contribution in [1.82, 2.24) is 24.9 Å². The second-order valence-electron chi connectivity index (χ2n) is 8.35. The van der Waals surface area contributed by atoms with Crippen LogP contribution in [0.3, 0.4) is 0 Å². The van der Waals surface area contributed by atoms with Gasteiger partial charge in [0.15, 0.2) is 0 Å². The molecule has 31 heavy (non-hydrogen) atoms. The molecule has 3 fully saturated rings. The first-order chi connectivity index (χ1) is 14.8. The second kappa shape index (κ2) is 9.49. The molecule has 4 unspecified atom stereocenters. The number of amides is 6. The third kappa shape index (κ3) is 3.79. The van der Waals surface area contributed by atoms with Gasteiger partial charge in [-0.15, -0.1) is 0 Å². The summed E-state index contributed by atoms with van der Waals surface area (Å²) >= 11 is 0. The Morgan fingerprint density at radius 3 is 1.39 bits per heavy atom. The van der Waals surface area contributed by atoms with Crippen molar-refractivity contribution >= 4 is 23.9 Å². The zero-order valence-electron chi connectivity index (χ0n) is 18.8. The van der Waals surface area contributed by atoms with Gasteiger partial charge in [-0.2, -0.15) is 0 Å². The molecular weight excluding hydrogens is 404 g/mol. The van der Waals surface area contributed by atoms with E-state index in [2.05, 4.69) is 5.32 Å². The number of quaternary nitrogens is 1. The lowest BCUT2D eigenvalue weighted by molar-refractivity contribution is -0.896. The summed E-state index contributed by atoms with van der Waals surface area (Å²) in [6, 6.07) is -3.17. The summed E-state index contributed by atoms with van der Waals surface area (Å²) in [6.45, 7) is 8.71. The lowest BCUT2D eigenvalue weighted by Gasteiger charge is -2.58. The Bertz CT molecular complexity index is 675. The summed E-state index contributed by atoms with van der Waals surface area (Å²) in [6.07, 6.45) is 0.718. The molecule has 11 heteroatoms. The number of hydrogen-bond acceptors (Lipinski definition) is 6. The monoisotopic (exact) mass is 438 g/mol. The minimum absolute atomic E-state index is 0.221. The predicted molar refractivity (Wildman–Crippen MR) is 111 cm³/mol. The Labute approximate surface area is 182 Å². The average molecular weight is 439 g/mol. The van der Waals surface area contributed by atoms with Gasteiger partial charge in [-0.05, 0) is 25.7 Å². The number of imide groups is 2. The van der Waals surface area contributed by atoms with Gasteiger partial charge in [0, 0.05) is 26.2 Å². The highest BCUT2D eigenvalue weighted by Crippen LogP contribution is 2.25. The maximum atomic E-state index is 13.6. The average Bonchev–Trinajstić information content (AvgIpc) is 2.74. The van der Waals surface area contributed by atoms with E-state index in [4.69, 9.17) is 0 Å². The van der Waals surface area contributed by atoms with Crippen LogP contribution in [0.1, 0.15) is 53.4 Å². The Hall–Kier alpha value is -2.24. The molecule has 0 spiro atoms. The number of hydroxylamine groups is 2. The first kappa shape index (κ1) is 23.4. The molecule has 0 aromatic carbocycles. The smallest absolute Gasteiger partial charge is 0.328 e. The van der Waals surface area contributed by atoms with Gasteiger partial charge in [0.05, 0.1) is 0 Å². The molecule has 11 nitrogen and oxygen atoms in total. The van der Waals surface area contributed by atoms with Crippen molar-refractivity contribution in [2.24, 2.45) is 0 Å². The summed E-state index contributed by atoms with van der Waals surface area (Å²) < 4.78 is 0. The molecule has 3 aliphatic heterocycles. The summed E-state index contributed by atoms with van der Waals surface area (Å²) in [5.41, 5.74) is 0. The van der Waals surface area contributed by atoms with E-state index in [9.17, 15) is 24.4 Å². The van der Waals surface area contributed by atoms with E-state index in [1.165, 1.54) is 9.80 Å². The van der Waals surface area contributed by atoms with Crippen LogP contribution in [-0.2, 0) is 9.59 Å². The van der Waals surface area contributed by atoms with Gasteiger partial charge < -0.3 is 20.1 Å². The van der Waals surface area contributed by atoms with E-state index >= 15 is 0 Å². The molecular formula is C20H34N6O5. The van der Waals surface area contributed by atoms with Crippen LogP contribution in [0, 0.1) is 5.21 Å². The van der Waals surface area contributed by atoms with Crippen molar-refractivity contribution in [2.75, 3.05) is 26.2 Å². The van der Waals surface area contributed by atoms with Crippen LogP contribution in [0.5, 0.6) is 0 Å². The van der Waals surface area contributed by atoms with Gasteiger partial charge >= 0.3 is 12.1 Å². The molecule has 174 valence electrons. The van der Waals surface area contributed by atoms with Gasteiger partial charge in [0.25, 0.3) is 11.8 Å². The minimum Gasteiger partial charge on any atom is -0.633 e. The number of urea groups is 2. The number of carbonyl (C=O) groups excluding carboxylic acids is 4. The summed E-state index contributed by atoms with van der Waals surface area (Å²) in [4.78, 5) is 57.7. The maximum Gasteiger partial charge on any atom is 0.328 e. The number of hydrogen-bond donors (Lipinski definition) is 2. The Balaban J connectivity index is 2.03. The van der Waals surface area contributed by atoms with Crippen molar-refractivity contribution in [3.63, 3.8) is 0 Å². The molecule has 0 saturated carbocycles. The Morgan fingerprint density at radius 2 is 1.06 bits per heavy atom. The largest absolute Gasteiger partial charge is 0.633 e. The molecule has 4 atom stereocenters. The number of fused-ring (bicyclic) bond motifs is 2. The Kier molecular flexibility index (Phi) is 7.17. The summed E-state index contributed by atoms with van der Waals surface area (Å²) in [5.74, 6) is -1.12. The third-order valence-electron chi connectivity index (χ3n) is 6.10. The Morgan fingerprint density at radius 1 is 0.710 bits per heavy atom. The lowest BCUT2D eigenvalue weighted by Crippen LogP contribution is -3.24. The molecule has 3 heterocycles. The summed E-state index contributed by atoms with van der Waals surface area (Å²) in [5, 5.41) is 16.3. The second-order valence-corrected chi connectivity index (χ2v) is 8.35. The van der Waals surface area contributed by atoms with Gasteiger partial charge in [-0.1, -0.05) is 27.7 Å². The van der Waals surface area contributed by atoms with Crippen molar-refractivity contribution in [3.05, 3.63) is 5.21 Å². The molecule has 6 amide bonds. The summed E-state index contributed by atoms with van der Waals surface area (Å²) in [7, 11) is 0. The van der Waals surface area contributed by atoms with Crippen LogP contribution in [-0.4, -0.2) is 94.1 Å². The van der Waals surface area contributed by atoms with E-state index in [0.717, 1.165) is 9.80 Å². The quantitative estimate of drug-likeness (QED) is 0.495. The predicted octanol–water partition coefficient (Wildman–Crippen LogP) is -0.470. The van der Waals surface area contributed by atoms with Crippen LogP contribution in [0.15, 0.2) is 0 Å².